The molecule has 1 N–H and O–H groups in total. The Balaban J connectivity index is 0.00000191. The molecule has 1 rings (SSSR count). The van der Waals surface area contributed by atoms with Crippen molar-refractivity contribution in [2.75, 3.05) is 12.4 Å². The van der Waals surface area contributed by atoms with Crippen LogP contribution in [0.2, 0.25) is 0 Å². The normalized spacial score (nSPS) is 11.8. The average molecular weight is 291 g/mol. The van der Waals surface area contributed by atoms with Gasteiger partial charge in [-0.2, -0.15) is 0 Å². The largest absolute Gasteiger partial charge is 0.491 e. The molecule has 1 aromatic rings. The van der Waals surface area contributed by atoms with Gasteiger partial charge < -0.3 is 10.1 Å². The molecule has 0 atom stereocenters. The molecule has 0 aliphatic carbocycles. The molecule has 4 heteroatoms. The molecule has 0 aromatic heterocycles. The first kappa shape index (κ1) is 19.2. The van der Waals surface area contributed by atoms with E-state index in [9.17, 15) is 0 Å². The summed E-state index contributed by atoms with van der Waals surface area (Å²) in [6.45, 7) is 12.1. The highest BCUT2D eigenvalue weighted by Crippen LogP contribution is 2.18. The van der Waals surface area contributed by atoms with Crippen LogP contribution in [-0.2, 0) is 0 Å². The van der Waals surface area contributed by atoms with Crippen LogP contribution < -0.4 is 10.1 Å². The lowest BCUT2D eigenvalue weighted by molar-refractivity contribution is 0.242. The second kappa shape index (κ2) is 10.9. The summed E-state index contributed by atoms with van der Waals surface area (Å²) in [6.07, 6.45) is 1.08. The summed E-state index contributed by atoms with van der Waals surface area (Å²) < 4.78 is 5.66. The van der Waals surface area contributed by atoms with Crippen molar-refractivity contribution in [3.05, 3.63) is 24.3 Å². The maximum atomic E-state index is 5.66. The molecule has 0 aliphatic heterocycles. The minimum absolute atomic E-state index is 0.162. The first-order valence-corrected chi connectivity index (χ1v) is 7.59. The van der Waals surface area contributed by atoms with Crippen LogP contribution in [0.4, 0.5) is 5.69 Å². The van der Waals surface area contributed by atoms with Gasteiger partial charge in [0, 0.05) is 24.5 Å². The minimum Gasteiger partial charge on any atom is -0.491 e. The van der Waals surface area contributed by atoms with E-state index in [1.54, 1.807) is 7.05 Å². The number of aliphatic imine (C=N–C) groups is 2. The van der Waals surface area contributed by atoms with Crippen LogP contribution >= 0.6 is 0 Å². The van der Waals surface area contributed by atoms with Crippen molar-refractivity contribution in [2.24, 2.45) is 9.98 Å². The molecule has 0 spiro atoms. The number of hydrogen-bond donors (Lipinski definition) is 1. The van der Waals surface area contributed by atoms with Crippen LogP contribution in [0.5, 0.6) is 5.75 Å². The van der Waals surface area contributed by atoms with Gasteiger partial charge in [0.1, 0.15) is 5.75 Å². The van der Waals surface area contributed by atoms with Gasteiger partial charge in [-0.15, -0.1) is 0 Å². The van der Waals surface area contributed by atoms with Gasteiger partial charge in [-0.05, 0) is 39.3 Å². The number of ether oxygens (including phenoxy) is 1. The number of guanidine groups is 1. The molecule has 0 saturated heterocycles. The van der Waals surface area contributed by atoms with E-state index in [0.29, 0.717) is 5.96 Å². The molecule has 0 amide bonds. The zero-order chi connectivity index (χ0) is 16.3. The van der Waals surface area contributed by atoms with Gasteiger partial charge >= 0.3 is 0 Å². The molecule has 0 aliphatic rings. The van der Waals surface area contributed by atoms with Crippen molar-refractivity contribution in [1.29, 1.82) is 0 Å². The topological polar surface area (TPSA) is 46.0 Å². The number of rotatable bonds is 4. The van der Waals surface area contributed by atoms with E-state index in [-0.39, 0.29) is 6.10 Å². The number of anilines is 1. The Morgan fingerprint density at radius 2 is 1.95 bits per heavy atom. The van der Waals surface area contributed by atoms with Gasteiger partial charge in [0.15, 0.2) is 0 Å². The highest BCUT2D eigenvalue weighted by Gasteiger charge is 2.02. The SMILES string of the molecule is CC.CC/C(C)=N\C(=NC)Nc1cccc(OC(C)C)c1. The van der Waals surface area contributed by atoms with Crippen molar-refractivity contribution in [1.82, 2.24) is 0 Å². The fraction of sp³-hybridized carbons (Fsp3) is 0.529. The first-order valence-electron chi connectivity index (χ1n) is 7.59. The third kappa shape index (κ3) is 8.12. The van der Waals surface area contributed by atoms with E-state index in [2.05, 4.69) is 22.2 Å². The molecule has 4 nitrogen and oxygen atoms in total. The standard InChI is InChI=1S/C15H23N3O.C2H6/c1-6-12(4)17-15(16-5)18-13-8-7-9-14(10-13)19-11(2)3;1-2/h7-11H,6H2,1-5H3,(H,16,18);1-2H3/b17-12-;. The fourth-order valence-corrected chi connectivity index (χ4v) is 1.44. The van der Waals surface area contributed by atoms with Gasteiger partial charge in [-0.25, -0.2) is 4.99 Å². The predicted molar refractivity (Wildman–Crippen MR) is 93.9 cm³/mol. The summed E-state index contributed by atoms with van der Waals surface area (Å²) in [5.41, 5.74) is 1.97. The minimum atomic E-state index is 0.162. The molecular weight excluding hydrogens is 262 g/mol. The van der Waals surface area contributed by atoms with Crippen molar-refractivity contribution in [3.8, 4) is 5.75 Å². The third-order valence-corrected chi connectivity index (χ3v) is 2.48. The van der Waals surface area contributed by atoms with E-state index in [0.717, 1.165) is 23.6 Å². The molecule has 21 heavy (non-hydrogen) atoms. The Bertz CT molecular complexity index is 465. The van der Waals surface area contributed by atoms with Crippen LogP contribution in [0.15, 0.2) is 34.3 Å². The van der Waals surface area contributed by atoms with Gasteiger partial charge in [-0.1, -0.05) is 26.8 Å². The van der Waals surface area contributed by atoms with E-state index in [4.69, 9.17) is 4.74 Å². The lowest BCUT2D eigenvalue weighted by atomic mass is 10.3. The van der Waals surface area contributed by atoms with E-state index >= 15 is 0 Å². The molecule has 0 bridgehead atoms. The lowest BCUT2D eigenvalue weighted by Gasteiger charge is -2.12. The molecular formula is C17H29N3O. The van der Waals surface area contributed by atoms with E-state index in [1.165, 1.54) is 0 Å². The highest BCUT2D eigenvalue weighted by molar-refractivity contribution is 6.02. The van der Waals surface area contributed by atoms with E-state index in [1.807, 2.05) is 58.9 Å². The summed E-state index contributed by atoms with van der Waals surface area (Å²) in [5, 5.41) is 3.19. The Labute approximate surface area is 129 Å². The molecule has 0 saturated carbocycles. The Kier molecular flexibility index (Phi) is 9.94. The van der Waals surface area contributed by atoms with E-state index < -0.39 is 0 Å². The first-order chi connectivity index (χ1) is 10.0. The summed E-state index contributed by atoms with van der Waals surface area (Å²) in [4.78, 5) is 8.55. The van der Waals surface area contributed by atoms with Crippen LogP contribution in [-0.4, -0.2) is 24.8 Å². The Morgan fingerprint density at radius 3 is 2.48 bits per heavy atom. The summed E-state index contributed by atoms with van der Waals surface area (Å²) in [6, 6.07) is 7.80. The number of nitrogens with one attached hydrogen (secondary N) is 1. The van der Waals surface area contributed by atoms with Crippen LogP contribution in [0.1, 0.15) is 48.0 Å². The third-order valence-electron chi connectivity index (χ3n) is 2.48. The van der Waals surface area contributed by atoms with Crippen molar-refractivity contribution < 1.29 is 4.74 Å². The summed E-state index contributed by atoms with van der Waals surface area (Å²) in [5.74, 6) is 1.45. The number of hydrogen-bond acceptors (Lipinski definition) is 2. The van der Waals surface area contributed by atoms with Crippen molar-refractivity contribution >= 4 is 17.4 Å². The zero-order valence-corrected chi connectivity index (χ0v) is 14.4. The maximum Gasteiger partial charge on any atom is 0.222 e. The number of nitrogens with zero attached hydrogens (tertiary/aromatic N) is 2. The lowest BCUT2D eigenvalue weighted by Crippen LogP contribution is -2.12. The number of benzene rings is 1. The van der Waals surface area contributed by atoms with Crippen LogP contribution in [0.3, 0.4) is 0 Å². The summed E-state index contributed by atoms with van der Waals surface area (Å²) >= 11 is 0. The monoisotopic (exact) mass is 291 g/mol. The maximum absolute atomic E-state index is 5.66. The summed E-state index contributed by atoms with van der Waals surface area (Å²) in [7, 11) is 1.73. The van der Waals surface area contributed by atoms with Gasteiger partial charge in [0.25, 0.3) is 0 Å². The van der Waals surface area contributed by atoms with Crippen molar-refractivity contribution in [3.63, 3.8) is 0 Å². The van der Waals surface area contributed by atoms with Crippen LogP contribution in [0, 0.1) is 0 Å². The molecule has 0 radical (unpaired) electrons. The predicted octanol–water partition coefficient (Wildman–Crippen LogP) is 4.77. The smallest absolute Gasteiger partial charge is 0.222 e. The second-order valence-electron chi connectivity index (χ2n) is 4.57. The van der Waals surface area contributed by atoms with Gasteiger partial charge in [-0.3, -0.25) is 4.99 Å². The second-order valence-corrected chi connectivity index (χ2v) is 4.57. The fourth-order valence-electron chi connectivity index (χ4n) is 1.44. The molecule has 1 aromatic carbocycles. The zero-order valence-electron chi connectivity index (χ0n) is 14.4. The average Bonchev–Trinajstić information content (AvgIpc) is 2.48. The highest BCUT2D eigenvalue weighted by atomic mass is 16.5. The quantitative estimate of drug-likeness (QED) is 0.641. The molecule has 0 fully saturated rings. The molecule has 0 unspecified atom stereocenters. The van der Waals surface area contributed by atoms with Gasteiger partial charge in [0.05, 0.1) is 6.10 Å². The van der Waals surface area contributed by atoms with Crippen molar-refractivity contribution in [2.45, 2.75) is 54.1 Å². The van der Waals surface area contributed by atoms with Crippen LogP contribution in [0.25, 0.3) is 0 Å². The Morgan fingerprint density at radius 1 is 1.29 bits per heavy atom. The molecule has 0 heterocycles. The Hall–Kier alpha value is -1.84. The molecule has 118 valence electrons. The van der Waals surface area contributed by atoms with Gasteiger partial charge in [0.2, 0.25) is 5.96 Å².